The van der Waals surface area contributed by atoms with Crippen molar-refractivity contribution >= 4 is 0 Å². The van der Waals surface area contributed by atoms with E-state index in [0.29, 0.717) is 0 Å². The molecule has 2 aromatic rings. The Morgan fingerprint density at radius 2 is 1.88 bits per heavy atom. The zero-order chi connectivity index (χ0) is 23.7. The second-order valence-electron chi connectivity index (χ2n) is 9.19. The number of aliphatic hydroxyl groups excluding tert-OH is 1. The quantitative estimate of drug-likeness (QED) is 0.482. The Hall–Kier alpha value is -2.35. The molecule has 0 aliphatic carbocycles. The highest BCUT2D eigenvalue weighted by Gasteiger charge is 2.36. The van der Waals surface area contributed by atoms with Gasteiger partial charge in [0.05, 0.1) is 25.2 Å². The Morgan fingerprint density at radius 1 is 1.12 bits per heavy atom. The van der Waals surface area contributed by atoms with Crippen molar-refractivity contribution in [2.24, 2.45) is 5.92 Å². The predicted molar refractivity (Wildman–Crippen MR) is 132 cm³/mol. The first-order chi connectivity index (χ1) is 15.3. The molecule has 0 amide bonds. The molecule has 32 heavy (non-hydrogen) atoms. The van der Waals surface area contributed by atoms with Crippen LogP contribution >= 0.6 is 0 Å². The average molecular weight is 437 g/mol. The first-order valence-corrected chi connectivity index (χ1v) is 11.8. The molecule has 0 saturated heterocycles. The van der Waals surface area contributed by atoms with E-state index in [9.17, 15) is 10.4 Å². The van der Waals surface area contributed by atoms with E-state index in [1.807, 2.05) is 0 Å². The number of aliphatic hydroxyl groups is 1. The van der Waals surface area contributed by atoms with Crippen LogP contribution in [0, 0.1) is 24.2 Å². The molecule has 0 aromatic heterocycles. The van der Waals surface area contributed by atoms with Crippen molar-refractivity contribution in [3.8, 4) is 11.8 Å². The standard InChI is InChI=1S/C28H40N2O2/c1-7-24-11-12-26(18-25(24)19-31)28(20-29,21(2)3)14-8-15-30(5)16-13-23-10-9-22(4)27(17-23)32-6/h9-12,17-18,21,31H,7-8,13-16,19H2,1-6H3. The molecular weight excluding hydrogens is 396 g/mol. The molecule has 174 valence electrons. The number of aryl methyl sites for hydroxylation is 2. The van der Waals surface area contributed by atoms with Gasteiger partial charge >= 0.3 is 0 Å². The number of nitriles is 1. The second-order valence-corrected chi connectivity index (χ2v) is 9.19. The minimum atomic E-state index is -0.540. The molecule has 4 nitrogen and oxygen atoms in total. The topological polar surface area (TPSA) is 56.5 Å². The minimum Gasteiger partial charge on any atom is -0.496 e. The van der Waals surface area contributed by atoms with Gasteiger partial charge in [0.25, 0.3) is 0 Å². The Kier molecular flexibility index (Phi) is 9.75. The van der Waals surface area contributed by atoms with Gasteiger partial charge < -0.3 is 14.7 Å². The highest BCUT2D eigenvalue weighted by atomic mass is 16.5. The third-order valence-corrected chi connectivity index (χ3v) is 6.82. The van der Waals surface area contributed by atoms with Crippen LogP contribution in [0.15, 0.2) is 36.4 Å². The van der Waals surface area contributed by atoms with Crippen LogP contribution in [0.1, 0.15) is 61.4 Å². The summed E-state index contributed by atoms with van der Waals surface area (Å²) in [6.07, 6.45) is 3.61. The van der Waals surface area contributed by atoms with Gasteiger partial charge in [-0.05, 0) is 86.0 Å². The maximum absolute atomic E-state index is 10.2. The van der Waals surface area contributed by atoms with Gasteiger partial charge in [-0.1, -0.05) is 51.1 Å². The molecule has 2 aromatic carbocycles. The predicted octanol–water partition coefficient (Wildman–Crippen LogP) is 5.43. The maximum Gasteiger partial charge on any atom is 0.122 e. The summed E-state index contributed by atoms with van der Waals surface area (Å²) in [6.45, 7) is 10.3. The fourth-order valence-corrected chi connectivity index (χ4v) is 4.49. The van der Waals surface area contributed by atoms with Crippen molar-refractivity contribution in [2.45, 2.75) is 65.4 Å². The van der Waals surface area contributed by atoms with Crippen molar-refractivity contribution in [1.82, 2.24) is 4.90 Å². The molecule has 4 heteroatoms. The summed E-state index contributed by atoms with van der Waals surface area (Å²) >= 11 is 0. The summed E-state index contributed by atoms with van der Waals surface area (Å²) in [5, 5.41) is 20.0. The second kappa shape index (κ2) is 12.0. The van der Waals surface area contributed by atoms with Crippen molar-refractivity contribution in [3.63, 3.8) is 0 Å². The third kappa shape index (κ3) is 6.12. The Morgan fingerprint density at radius 3 is 2.47 bits per heavy atom. The van der Waals surface area contributed by atoms with Crippen molar-refractivity contribution in [1.29, 1.82) is 5.26 Å². The fraction of sp³-hybridized carbons (Fsp3) is 0.536. The zero-order valence-electron chi connectivity index (χ0n) is 20.7. The van der Waals surface area contributed by atoms with Gasteiger partial charge in [0.15, 0.2) is 0 Å². The normalized spacial score (nSPS) is 13.2. The molecule has 1 atom stereocenters. The van der Waals surface area contributed by atoms with Gasteiger partial charge in [-0.25, -0.2) is 0 Å². The molecule has 0 fully saturated rings. The summed E-state index contributed by atoms with van der Waals surface area (Å²) in [5.74, 6) is 1.13. The van der Waals surface area contributed by atoms with E-state index < -0.39 is 5.41 Å². The lowest BCUT2D eigenvalue weighted by Gasteiger charge is -2.33. The minimum absolute atomic E-state index is 0.0170. The highest BCUT2D eigenvalue weighted by Crippen LogP contribution is 2.37. The summed E-state index contributed by atoms with van der Waals surface area (Å²) < 4.78 is 5.44. The van der Waals surface area contributed by atoms with E-state index in [4.69, 9.17) is 4.74 Å². The summed E-state index contributed by atoms with van der Waals surface area (Å²) in [5.41, 5.74) is 5.02. The Labute approximate surface area is 194 Å². The molecule has 0 aliphatic heterocycles. The van der Waals surface area contributed by atoms with Gasteiger partial charge in [0, 0.05) is 6.54 Å². The largest absolute Gasteiger partial charge is 0.496 e. The summed E-state index contributed by atoms with van der Waals surface area (Å²) in [7, 11) is 3.86. The molecule has 0 spiro atoms. The number of hydrogen-bond acceptors (Lipinski definition) is 4. The van der Waals surface area contributed by atoms with E-state index in [0.717, 1.165) is 66.8 Å². The number of benzene rings is 2. The Bertz CT molecular complexity index is 916. The van der Waals surface area contributed by atoms with Crippen LogP contribution in [-0.4, -0.2) is 37.3 Å². The maximum atomic E-state index is 10.2. The summed E-state index contributed by atoms with van der Waals surface area (Å²) in [6, 6.07) is 15.3. The SMILES string of the molecule is CCc1ccc(C(C#N)(CCCN(C)CCc2ccc(C)c(OC)c2)C(C)C)cc1CO. The smallest absolute Gasteiger partial charge is 0.122 e. The molecule has 1 N–H and O–H groups in total. The van der Waals surface area contributed by atoms with E-state index in [-0.39, 0.29) is 12.5 Å². The van der Waals surface area contributed by atoms with Crippen LogP contribution in [0.4, 0.5) is 0 Å². The van der Waals surface area contributed by atoms with E-state index in [2.05, 4.69) is 82.1 Å². The van der Waals surface area contributed by atoms with Crippen molar-refractivity contribution in [3.05, 3.63) is 64.2 Å². The van der Waals surface area contributed by atoms with E-state index in [1.54, 1.807) is 7.11 Å². The third-order valence-electron chi connectivity index (χ3n) is 6.82. The molecule has 1 unspecified atom stereocenters. The number of methoxy groups -OCH3 is 1. The van der Waals surface area contributed by atoms with E-state index >= 15 is 0 Å². The fourth-order valence-electron chi connectivity index (χ4n) is 4.49. The molecule has 0 saturated carbocycles. The Balaban J connectivity index is 2.03. The number of rotatable bonds is 12. The first-order valence-electron chi connectivity index (χ1n) is 11.8. The van der Waals surface area contributed by atoms with Gasteiger partial charge in [-0.15, -0.1) is 0 Å². The average Bonchev–Trinajstić information content (AvgIpc) is 2.80. The number of nitrogens with zero attached hydrogens (tertiary/aromatic N) is 2. The van der Waals surface area contributed by atoms with Crippen molar-refractivity contribution in [2.75, 3.05) is 27.2 Å². The molecule has 0 aliphatic rings. The number of ether oxygens (including phenoxy) is 1. The monoisotopic (exact) mass is 436 g/mol. The van der Waals surface area contributed by atoms with Crippen LogP contribution in [0.3, 0.4) is 0 Å². The van der Waals surface area contributed by atoms with Gasteiger partial charge in [0.2, 0.25) is 0 Å². The molecule has 0 radical (unpaired) electrons. The molecule has 0 bridgehead atoms. The van der Waals surface area contributed by atoms with Gasteiger partial charge in [-0.2, -0.15) is 5.26 Å². The van der Waals surface area contributed by atoms with Crippen LogP contribution in [0.25, 0.3) is 0 Å². The number of hydrogen-bond donors (Lipinski definition) is 1. The molecule has 0 heterocycles. The van der Waals surface area contributed by atoms with Gasteiger partial charge in [0.1, 0.15) is 5.75 Å². The zero-order valence-corrected chi connectivity index (χ0v) is 20.7. The van der Waals surface area contributed by atoms with Crippen LogP contribution in [0.5, 0.6) is 5.75 Å². The van der Waals surface area contributed by atoms with Gasteiger partial charge in [-0.3, -0.25) is 0 Å². The highest BCUT2D eigenvalue weighted by molar-refractivity contribution is 5.40. The van der Waals surface area contributed by atoms with E-state index in [1.165, 1.54) is 5.56 Å². The van der Waals surface area contributed by atoms with Crippen LogP contribution in [-0.2, 0) is 24.9 Å². The van der Waals surface area contributed by atoms with Crippen molar-refractivity contribution < 1.29 is 9.84 Å². The first kappa shape index (κ1) is 25.9. The summed E-state index contributed by atoms with van der Waals surface area (Å²) in [4.78, 5) is 2.34. The molecular formula is C28H40N2O2. The lowest BCUT2D eigenvalue weighted by molar-refractivity contribution is 0.278. The van der Waals surface area contributed by atoms with Crippen LogP contribution in [0.2, 0.25) is 0 Å². The lowest BCUT2D eigenvalue weighted by Crippen LogP contribution is -2.33. The number of likely N-dealkylation sites (N-methyl/N-ethyl adjacent to an activating group) is 1. The lowest BCUT2D eigenvalue weighted by atomic mass is 9.69. The van der Waals surface area contributed by atoms with Crippen LogP contribution < -0.4 is 4.74 Å². The molecule has 2 rings (SSSR count).